The molecule has 0 saturated heterocycles. The van der Waals surface area contributed by atoms with Crippen molar-refractivity contribution in [3.05, 3.63) is 64.7 Å². The first-order chi connectivity index (χ1) is 10.6. The standard InChI is InChI=1S/C18H19N3S/c1-12-6-5-9-16(13(12)2)19-18(22)21-20-17-11-10-14-7-3-4-8-15(14)17/h3-9H,10-11H2,1-2H3,(H2,19,21,22)/b20-17+. The third-order valence-electron chi connectivity index (χ3n) is 4.10. The Bertz CT molecular complexity index is 750. The number of rotatable bonds is 2. The molecule has 112 valence electrons. The van der Waals surface area contributed by atoms with Crippen LogP contribution in [0.3, 0.4) is 0 Å². The van der Waals surface area contributed by atoms with Crippen LogP contribution >= 0.6 is 12.2 Å². The molecule has 0 amide bonds. The maximum Gasteiger partial charge on any atom is 0.191 e. The van der Waals surface area contributed by atoms with Gasteiger partial charge in [-0.05, 0) is 61.7 Å². The lowest BCUT2D eigenvalue weighted by molar-refractivity contribution is 1.01. The SMILES string of the molecule is Cc1cccc(NC(=S)N/N=C2\CCc3ccccc32)c1C. The van der Waals surface area contributed by atoms with E-state index >= 15 is 0 Å². The number of thiocarbonyl (C=S) groups is 1. The summed E-state index contributed by atoms with van der Waals surface area (Å²) >= 11 is 5.34. The molecule has 0 aliphatic heterocycles. The van der Waals surface area contributed by atoms with Crippen molar-refractivity contribution in [2.45, 2.75) is 26.7 Å². The Labute approximate surface area is 136 Å². The highest BCUT2D eigenvalue weighted by atomic mass is 32.1. The number of hydrogen-bond donors (Lipinski definition) is 2. The first-order valence-corrected chi connectivity index (χ1v) is 7.84. The van der Waals surface area contributed by atoms with Gasteiger partial charge in [-0.15, -0.1) is 0 Å². The minimum absolute atomic E-state index is 0.519. The molecule has 0 saturated carbocycles. The molecule has 0 heterocycles. The predicted molar refractivity (Wildman–Crippen MR) is 96.6 cm³/mol. The summed E-state index contributed by atoms with van der Waals surface area (Å²) in [4.78, 5) is 0. The Kier molecular flexibility index (Phi) is 4.20. The van der Waals surface area contributed by atoms with Crippen LogP contribution in [0.1, 0.15) is 28.7 Å². The number of aryl methyl sites for hydroxylation is 2. The number of hydrogen-bond acceptors (Lipinski definition) is 2. The molecule has 3 nitrogen and oxygen atoms in total. The van der Waals surface area contributed by atoms with E-state index in [9.17, 15) is 0 Å². The Morgan fingerprint density at radius 3 is 2.73 bits per heavy atom. The van der Waals surface area contributed by atoms with Crippen LogP contribution in [0.4, 0.5) is 5.69 Å². The summed E-state index contributed by atoms with van der Waals surface area (Å²) in [5.74, 6) is 0. The fourth-order valence-electron chi connectivity index (χ4n) is 2.68. The lowest BCUT2D eigenvalue weighted by Gasteiger charge is -2.12. The topological polar surface area (TPSA) is 36.4 Å². The van der Waals surface area contributed by atoms with E-state index in [1.54, 1.807) is 0 Å². The smallest absolute Gasteiger partial charge is 0.191 e. The molecule has 1 aliphatic carbocycles. The zero-order valence-electron chi connectivity index (χ0n) is 12.8. The summed E-state index contributed by atoms with van der Waals surface area (Å²) in [5, 5.41) is 8.21. The maximum atomic E-state index is 5.34. The van der Waals surface area contributed by atoms with Crippen LogP contribution in [0.25, 0.3) is 0 Å². The van der Waals surface area contributed by atoms with Crippen LogP contribution < -0.4 is 10.7 Å². The molecule has 3 rings (SSSR count). The summed E-state index contributed by atoms with van der Waals surface area (Å²) in [6.07, 6.45) is 2.01. The summed E-state index contributed by atoms with van der Waals surface area (Å²) in [7, 11) is 0. The van der Waals surface area contributed by atoms with Crippen molar-refractivity contribution in [2.24, 2.45) is 5.10 Å². The Morgan fingerprint density at radius 2 is 1.86 bits per heavy atom. The molecule has 0 bridgehead atoms. The molecule has 0 fully saturated rings. The largest absolute Gasteiger partial charge is 0.331 e. The molecule has 1 aliphatic rings. The molecule has 2 aromatic carbocycles. The van der Waals surface area contributed by atoms with Gasteiger partial charge < -0.3 is 5.32 Å². The Morgan fingerprint density at radius 1 is 1.05 bits per heavy atom. The van der Waals surface area contributed by atoms with E-state index in [0.717, 1.165) is 24.2 Å². The van der Waals surface area contributed by atoms with Gasteiger partial charge in [0.15, 0.2) is 5.11 Å². The van der Waals surface area contributed by atoms with Crippen LogP contribution in [-0.2, 0) is 6.42 Å². The summed E-state index contributed by atoms with van der Waals surface area (Å²) < 4.78 is 0. The first kappa shape index (κ1) is 14.7. The lowest BCUT2D eigenvalue weighted by atomic mass is 10.1. The van der Waals surface area contributed by atoms with Crippen LogP contribution in [0.2, 0.25) is 0 Å². The highest BCUT2D eigenvalue weighted by Gasteiger charge is 2.16. The number of nitrogens with zero attached hydrogens (tertiary/aromatic N) is 1. The van der Waals surface area contributed by atoms with E-state index in [0.29, 0.717) is 5.11 Å². The number of anilines is 1. The van der Waals surface area contributed by atoms with Gasteiger partial charge in [0.05, 0.1) is 5.71 Å². The average Bonchev–Trinajstić information content (AvgIpc) is 2.93. The van der Waals surface area contributed by atoms with Gasteiger partial charge in [-0.25, -0.2) is 0 Å². The van der Waals surface area contributed by atoms with E-state index in [1.807, 2.05) is 18.2 Å². The van der Waals surface area contributed by atoms with E-state index in [2.05, 4.69) is 54.0 Å². The highest BCUT2D eigenvalue weighted by molar-refractivity contribution is 7.80. The van der Waals surface area contributed by atoms with Gasteiger partial charge in [-0.2, -0.15) is 5.10 Å². The van der Waals surface area contributed by atoms with Gasteiger partial charge in [-0.1, -0.05) is 36.4 Å². The third-order valence-corrected chi connectivity index (χ3v) is 4.30. The quantitative estimate of drug-likeness (QED) is 0.651. The molecule has 4 heteroatoms. The number of benzene rings is 2. The first-order valence-electron chi connectivity index (χ1n) is 7.43. The van der Waals surface area contributed by atoms with E-state index < -0.39 is 0 Å². The Hall–Kier alpha value is -2.20. The lowest BCUT2D eigenvalue weighted by Crippen LogP contribution is -2.25. The summed E-state index contributed by atoms with van der Waals surface area (Å²) in [5.41, 5.74) is 10.1. The van der Waals surface area contributed by atoms with E-state index in [4.69, 9.17) is 12.2 Å². The van der Waals surface area contributed by atoms with Gasteiger partial charge in [0.2, 0.25) is 0 Å². The second-order valence-corrected chi connectivity index (χ2v) is 5.94. The summed E-state index contributed by atoms with van der Waals surface area (Å²) in [6.45, 7) is 4.17. The molecule has 0 atom stereocenters. The van der Waals surface area contributed by atoms with Crippen LogP contribution in [0, 0.1) is 13.8 Å². The molecular weight excluding hydrogens is 290 g/mol. The van der Waals surface area contributed by atoms with Gasteiger partial charge in [0.25, 0.3) is 0 Å². The van der Waals surface area contributed by atoms with Gasteiger partial charge in [-0.3, -0.25) is 5.43 Å². The van der Waals surface area contributed by atoms with Gasteiger partial charge in [0, 0.05) is 11.3 Å². The van der Waals surface area contributed by atoms with E-state index in [1.165, 1.54) is 22.3 Å². The molecule has 2 aromatic rings. The minimum atomic E-state index is 0.519. The van der Waals surface area contributed by atoms with Gasteiger partial charge >= 0.3 is 0 Å². The fourth-order valence-corrected chi connectivity index (χ4v) is 2.83. The van der Waals surface area contributed by atoms with Crippen LogP contribution in [0.5, 0.6) is 0 Å². The minimum Gasteiger partial charge on any atom is -0.331 e. The second-order valence-electron chi connectivity index (χ2n) is 5.53. The molecule has 0 aromatic heterocycles. The van der Waals surface area contributed by atoms with Crippen LogP contribution in [-0.4, -0.2) is 10.8 Å². The second kappa shape index (κ2) is 6.28. The normalized spacial score (nSPS) is 14.7. The summed E-state index contributed by atoms with van der Waals surface area (Å²) in [6, 6.07) is 14.5. The molecular formula is C18H19N3S. The molecule has 0 spiro atoms. The maximum absolute atomic E-state index is 5.34. The third kappa shape index (κ3) is 3.02. The van der Waals surface area contributed by atoms with Crippen molar-refractivity contribution in [2.75, 3.05) is 5.32 Å². The van der Waals surface area contributed by atoms with Crippen molar-refractivity contribution in [3.8, 4) is 0 Å². The number of fused-ring (bicyclic) bond motifs is 1. The molecule has 2 N–H and O–H groups in total. The zero-order chi connectivity index (χ0) is 15.5. The molecule has 0 unspecified atom stereocenters. The number of nitrogens with one attached hydrogen (secondary N) is 2. The fraction of sp³-hybridized carbons (Fsp3) is 0.222. The van der Waals surface area contributed by atoms with Crippen molar-refractivity contribution in [1.29, 1.82) is 0 Å². The van der Waals surface area contributed by atoms with Crippen molar-refractivity contribution >= 4 is 28.7 Å². The predicted octanol–water partition coefficient (Wildman–Crippen LogP) is 3.94. The molecule has 0 radical (unpaired) electrons. The average molecular weight is 309 g/mol. The van der Waals surface area contributed by atoms with E-state index in [-0.39, 0.29) is 0 Å². The van der Waals surface area contributed by atoms with Crippen molar-refractivity contribution < 1.29 is 0 Å². The van der Waals surface area contributed by atoms with Crippen molar-refractivity contribution in [3.63, 3.8) is 0 Å². The van der Waals surface area contributed by atoms with Crippen LogP contribution in [0.15, 0.2) is 47.6 Å². The highest BCUT2D eigenvalue weighted by Crippen LogP contribution is 2.22. The number of hydrazone groups is 1. The zero-order valence-corrected chi connectivity index (χ0v) is 13.6. The van der Waals surface area contributed by atoms with Gasteiger partial charge in [0.1, 0.15) is 0 Å². The Balaban J connectivity index is 1.69. The monoisotopic (exact) mass is 309 g/mol. The van der Waals surface area contributed by atoms with Crippen molar-refractivity contribution in [1.82, 2.24) is 5.43 Å². The molecule has 22 heavy (non-hydrogen) atoms.